The van der Waals surface area contributed by atoms with Gasteiger partial charge in [0.2, 0.25) is 0 Å². The van der Waals surface area contributed by atoms with E-state index in [0.29, 0.717) is 0 Å². The van der Waals surface area contributed by atoms with Crippen molar-refractivity contribution in [3.8, 4) is 0 Å². The summed E-state index contributed by atoms with van der Waals surface area (Å²) in [5.74, 6) is 0. The number of benzene rings is 2. The summed E-state index contributed by atoms with van der Waals surface area (Å²) in [5, 5.41) is 2.61. The molecular formula is C12H9NS. The molecule has 0 bridgehead atoms. The van der Waals surface area contributed by atoms with Gasteiger partial charge in [-0.3, -0.25) is 0 Å². The Kier molecular flexibility index (Phi) is 1.74. The van der Waals surface area contributed by atoms with Crippen molar-refractivity contribution in [1.29, 1.82) is 0 Å². The summed E-state index contributed by atoms with van der Waals surface area (Å²) in [6.45, 7) is 0. The summed E-state index contributed by atoms with van der Waals surface area (Å²) in [6.07, 6.45) is 4.08. The molecule has 3 rings (SSSR count). The van der Waals surface area contributed by atoms with E-state index in [4.69, 9.17) is 0 Å². The Morgan fingerprint density at radius 1 is 1.00 bits per heavy atom. The maximum Gasteiger partial charge on any atom is 0.0363 e. The molecule has 2 aromatic rings. The minimum absolute atomic E-state index is 1.30. The molecule has 1 heterocycles. The average molecular weight is 199 g/mol. The van der Waals surface area contributed by atoms with Crippen LogP contribution in [0.2, 0.25) is 0 Å². The second-order valence-electron chi connectivity index (χ2n) is 3.29. The molecular weight excluding hydrogens is 190 g/mol. The van der Waals surface area contributed by atoms with Crippen molar-refractivity contribution in [2.45, 2.75) is 4.90 Å². The summed E-state index contributed by atoms with van der Waals surface area (Å²) in [4.78, 5) is 1.30. The molecule has 0 aromatic heterocycles. The lowest BCUT2D eigenvalue weighted by Gasteiger charge is -2.11. The average Bonchev–Trinajstić information content (AvgIpc) is 2.26. The summed E-state index contributed by atoms with van der Waals surface area (Å²) in [7, 11) is 0. The first-order valence-electron chi connectivity index (χ1n) is 4.55. The Hall–Kier alpha value is -1.41. The summed E-state index contributed by atoms with van der Waals surface area (Å²) < 4.78 is 3.14. The van der Waals surface area contributed by atoms with Crippen molar-refractivity contribution < 1.29 is 0 Å². The molecule has 14 heavy (non-hydrogen) atoms. The standard InChI is InChI=1S/C12H9NS/c1-2-4-10-8-12-11(5-6-13-14-12)7-9(10)3-1/h1-8,13H. The van der Waals surface area contributed by atoms with E-state index in [0.717, 1.165) is 0 Å². The maximum atomic E-state index is 3.14. The minimum atomic E-state index is 1.30. The van der Waals surface area contributed by atoms with Crippen molar-refractivity contribution in [3.05, 3.63) is 48.2 Å². The van der Waals surface area contributed by atoms with E-state index >= 15 is 0 Å². The van der Waals surface area contributed by atoms with Crippen LogP contribution in [0.3, 0.4) is 0 Å². The van der Waals surface area contributed by atoms with Gasteiger partial charge < -0.3 is 4.72 Å². The minimum Gasteiger partial charge on any atom is -0.332 e. The van der Waals surface area contributed by atoms with E-state index < -0.39 is 0 Å². The highest BCUT2D eigenvalue weighted by Gasteiger charge is 2.05. The van der Waals surface area contributed by atoms with Crippen LogP contribution in [0.25, 0.3) is 16.8 Å². The predicted octanol–water partition coefficient (Wildman–Crippen LogP) is 3.42. The van der Waals surface area contributed by atoms with Gasteiger partial charge in [-0.2, -0.15) is 0 Å². The smallest absolute Gasteiger partial charge is 0.0363 e. The van der Waals surface area contributed by atoms with E-state index in [1.54, 1.807) is 11.9 Å². The van der Waals surface area contributed by atoms with Crippen LogP contribution < -0.4 is 4.72 Å². The lowest BCUT2D eigenvalue weighted by Crippen LogP contribution is -1.97. The fourth-order valence-corrected chi connectivity index (χ4v) is 2.37. The van der Waals surface area contributed by atoms with Crippen molar-refractivity contribution >= 4 is 28.8 Å². The molecule has 0 amide bonds. The fourth-order valence-electron chi connectivity index (χ4n) is 1.68. The molecule has 1 N–H and O–H groups in total. The summed E-state index contributed by atoms with van der Waals surface area (Å²) in [6, 6.07) is 12.9. The van der Waals surface area contributed by atoms with E-state index in [2.05, 4.69) is 47.2 Å². The van der Waals surface area contributed by atoms with E-state index in [-0.39, 0.29) is 0 Å². The molecule has 0 unspecified atom stereocenters. The molecule has 0 radical (unpaired) electrons. The molecule has 0 atom stereocenters. The number of hydrogen-bond donors (Lipinski definition) is 1. The lowest BCUT2D eigenvalue weighted by molar-refractivity contribution is 1.33. The van der Waals surface area contributed by atoms with Crippen molar-refractivity contribution in [1.82, 2.24) is 4.72 Å². The zero-order valence-corrected chi connectivity index (χ0v) is 8.34. The Morgan fingerprint density at radius 2 is 1.79 bits per heavy atom. The highest BCUT2D eigenvalue weighted by atomic mass is 32.2. The zero-order valence-electron chi connectivity index (χ0n) is 7.53. The first kappa shape index (κ1) is 7.94. The van der Waals surface area contributed by atoms with E-state index in [1.807, 2.05) is 6.20 Å². The van der Waals surface area contributed by atoms with Gasteiger partial charge in [-0.25, -0.2) is 0 Å². The molecule has 0 saturated heterocycles. The Bertz CT molecular complexity index is 517. The van der Waals surface area contributed by atoms with Crippen LogP contribution in [-0.2, 0) is 0 Å². The van der Waals surface area contributed by atoms with Crippen LogP contribution in [0.15, 0.2) is 47.5 Å². The van der Waals surface area contributed by atoms with Crippen LogP contribution in [-0.4, -0.2) is 0 Å². The molecule has 0 saturated carbocycles. The van der Waals surface area contributed by atoms with Gasteiger partial charge in [0.05, 0.1) is 0 Å². The molecule has 0 aliphatic carbocycles. The van der Waals surface area contributed by atoms with Gasteiger partial charge in [0.15, 0.2) is 0 Å². The normalized spacial score (nSPS) is 13.7. The first-order chi connectivity index (χ1) is 6.93. The van der Waals surface area contributed by atoms with Crippen LogP contribution in [0, 0.1) is 0 Å². The maximum absolute atomic E-state index is 3.14. The molecule has 2 heteroatoms. The van der Waals surface area contributed by atoms with Gasteiger partial charge >= 0.3 is 0 Å². The van der Waals surface area contributed by atoms with Gasteiger partial charge in [-0.1, -0.05) is 24.3 Å². The third kappa shape index (κ3) is 1.19. The highest BCUT2D eigenvalue weighted by molar-refractivity contribution is 7.97. The molecule has 0 fully saturated rings. The van der Waals surface area contributed by atoms with Gasteiger partial charge in [0.1, 0.15) is 0 Å². The summed E-state index contributed by atoms with van der Waals surface area (Å²) in [5.41, 5.74) is 1.30. The quantitative estimate of drug-likeness (QED) is 0.652. The van der Waals surface area contributed by atoms with Crippen LogP contribution in [0.1, 0.15) is 5.56 Å². The van der Waals surface area contributed by atoms with Crippen LogP contribution in [0.5, 0.6) is 0 Å². The molecule has 1 nitrogen and oxygen atoms in total. The number of fused-ring (bicyclic) bond motifs is 2. The Balaban J connectivity index is 2.34. The fraction of sp³-hybridized carbons (Fsp3) is 0. The largest absolute Gasteiger partial charge is 0.332 e. The number of nitrogens with one attached hydrogen (secondary N) is 1. The third-order valence-electron chi connectivity index (χ3n) is 2.38. The lowest BCUT2D eigenvalue weighted by atomic mass is 10.1. The van der Waals surface area contributed by atoms with Crippen molar-refractivity contribution in [3.63, 3.8) is 0 Å². The number of rotatable bonds is 0. The first-order valence-corrected chi connectivity index (χ1v) is 5.37. The molecule has 2 aromatic carbocycles. The van der Waals surface area contributed by atoms with Crippen LogP contribution >= 0.6 is 11.9 Å². The van der Waals surface area contributed by atoms with Gasteiger partial charge in [0.25, 0.3) is 0 Å². The van der Waals surface area contributed by atoms with E-state index in [1.165, 1.54) is 21.2 Å². The van der Waals surface area contributed by atoms with Gasteiger partial charge in [-0.05, 0) is 46.5 Å². The highest BCUT2D eigenvalue weighted by Crippen LogP contribution is 2.29. The zero-order chi connectivity index (χ0) is 9.38. The Labute approximate surface area is 87.0 Å². The van der Waals surface area contributed by atoms with Crippen LogP contribution in [0.4, 0.5) is 0 Å². The molecule has 1 aliphatic rings. The van der Waals surface area contributed by atoms with Crippen molar-refractivity contribution in [2.24, 2.45) is 0 Å². The Morgan fingerprint density at radius 3 is 2.64 bits per heavy atom. The third-order valence-corrected chi connectivity index (χ3v) is 3.21. The monoisotopic (exact) mass is 199 g/mol. The van der Waals surface area contributed by atoms with Gasteiger partial charge in [0, 0.05) is 11.1 Å². The van der Waals surface area contributed by atoms with Crippen molar-refractivity contribution in [2.75, 3.05) is 0 Å². The molecule has 68 valence electrons. The number of hydrogen-bond acceptors (Lipinski definition) is 2. The second kappa shape index (κ2) is 3.07. The summed E-state index contributed by atoms with van der Waals surface area (Å²) >= 11 is 1.67. The predicted molar refractivity (Wildman–Crippen MR) is 62.0 cm³/mol. The molecule has 1 aliphatic heterocycles. The molecule has 0 spiro atoms. The van der Waals surface area contributed by atoms with Gasteiger partial charge in [-0.15, -0.1) is 0 Å². The topological polar surface area (TPSA) is 12.0 Å². The second-order valence-corrected chi connectivity index (χ2v) is 4.17. The SMILES string of the molecule is C1=Cc2cc3ccccc3cc2SN1. The van der Waals surface area contributed by atoms with E-state index in [9.17, 15) is 0 Å².